The third-order valence-electron chi connectivity index (χ3n) is 2.78. The van der Waals surface area contributed by atoms with Gasteiger partial charge < -0.3 is 9.26 Å². The summed E-state index contributed by atoms with van der Waals surface area (Å²) in [6.07, 6.45) is 0.955. The van der Waals surface area contributed by atoms with E-state index in [1.165, 1.54) is 6.07 Å². The standard InChI is InChI=1S/C14H7F4N3O2/c15-7-1-4-11(19-6-7)13-20-12(21-23-13)9-5-8(22-14(17)18)2-3-10(9)16/h1-6,14H. The van der Waals surface area contributed by atoms with Crippen molar-refractivity contribution in [2.45, 2.75) is 6.61 Å². The molecule has 2 heterocycles. The van der Waals surface area contributed by atoms with Crippen molar-refractivity contribution in [2.24, 2.45) is 0 Å². The van der Waals surface area contributed by atoms with E-state index in [2.05, 4.69) is 19.9 Å². The molecule has 0 saturated heterocycles. The van der Waals surface area contributed by atoms with Gasteiger partial charge >= 0.3 is 6.61 Å². The molecule has 1 aromatic carbocycles. The Morgan fingerprint density at radius 1 is 1.09 bits per heavy atom. The van der Waals surface area contributed by atoms with Gasteiger partial charge in [-0.2, -0.15) is 13.8 Å². The molecule has 0 radical (unpaired) electrons. The number of alkyl halides is 2. The van der Waals surface area contributed by atoms with E-state index in [-0.39, 0.29) is 28.7 Å². The molecular weight excluding hydrogens is 318 g/mol. The predicted octanol–water partition coefficient (Wildman–Crippen LogP) is 3.68. The quantitative estimate of drug-likeness (QED) is 0.685. The lowest BCUT2D eigenvalue weighted by molar-refractivity contribution is -0.0498. The maximum atomic E-state index is 13.8. The Morgan fingerprint density at radius 2 is 1.91 bits per heavy atom. The molecule has 0 aliphatic heterocycles. The Kier molecular flexibility index (Phi) is 3.92. The molecule has 23 heavy (non-hydrogen) atoms. The third kappa shape index (κ3) is 3.28. The molecule has 0 fully saturated rings. The molecule has 0 unspecified atom stereocenters. The van der Waals surface area contributed by atoms with Crippen molar-refractivity contribution in [3.8, 4) is 28.7 Å². The first kappa shape index (κ1) is 14.9. The van der Waals surface area contributed by atoms with Crippen LogP contribution in [0, 0.1) is 11.6 Å². The second-order valence-electron chi connectivity index (χ2n) is 4.30. The average molecular weight is 325 g/mol. The van der Waals surface area contributed by atoms with Gasteiger partial charge in [-0.15, -0.1) is 0 Å². The number of nitrogens with zero attached hydrogens (tertiary/aromatic N) is 3. The van der Waals surface area contributed by atoms with Gasteiger partial charge in [0.2, 0.25) is 5.82 Å². The van der Waals surface area contributed by atoms with Crippen LogP contribution in [0.1, 0.15) is 0 Å². The van der Waals surface area contributed by atoms with Gasteiger partial charge in [0.15, 0.2) is 0 Å². The summed E-state index contributed by atoms with van der Waals surface area (Å²) in [5.74, 6) is -1.78. The molecule has 0 N–H and O–H groups in total. The van der Waals surface area contributed by atoms with Crippen LogP contribution < -0.4 is 4.74 Å². The minimum absolute atomic E-state index is 0.0698. The Hall–Kier alpha value is -2.97. The van der Waals surface area contributed by atoms with E-state index in [9.17, 15) is 17.6 Å². The summed E-state index contributed by atoms with van der Waals surface area (Å²) in [4.78, 5) is 7.66. The zero-order chi connectivity index (χ0) is 16.4. The van der Waals surface area contributed by atoms with Gasteiger partial charge in [-0.05, 0) is 30.3 Å². The van der Waals surface area contributed by atoms with Crippen molar-refractivity contribution in [3.63, 3.8) is 0 Å². The number of aromatic nitrogens is 3. The summed E-state index contributed by atoms with van der Waals surface area (Å²) in [6.45, 7) is -3.04. The summed E-state index contributed by atoms with van der Waals surface area (Å²) in [7, 11) is 0. The summed E-state index contributed by atoms with van der Waals surface area (Å²) < 4.78 is 60.2. The van der Waals surface area contributed by atoms with Gasteiger partial charge in [-0.1, -0.05) is 5.16 Å². The van der Waals surface area contributed by atoms with Crippen LogP contribution in [0.5, 0.6) is 5.75 Å². The first-order chi connectivity index (χ1) is 11.0. The summed E-state index contributed by atoms with van der Waals surface area (Å²) >= 11 is 0. The van der Waals surface area contributed by atoms with Gasteiger partial charge in [0.1, 0.15) is 23.1 Å². The lowest BCUT2D eigenvalue weighted by atomic mass is 10.2. The molecule has 0 aliphatic rings. The van der Waals surface area contributed by atoms with Crippen molar-refractivity contribution < 1.29 is 26.8 Å². The molecule has 0 aliphatic carbocycles. The number of hydrogen-bond donors (Lipinski definition) is 0. The van der Waals surface area contributed by atoms with Gasteiger partial charge in [0.05, 0.1) is 11.8 Å². The molecule has 0 atom stereocenters. The minimum atomic E-state index is -3.04. The van der Waals surface area contributed by atoms with E-state index < -0.39 is 18.2 Å². The van der Waals surface area contributed by atoms with Crippen molar-refractivity contribution in [3.05, 3.63) is 48.2 Å². The molecule has 0 saturated carbocycles. The highest BCUT2D eigenvalue weighted by Crippen LogP contribution is 2.27. The van der Waals surface area contributed by atoms with Crippen LogP contribution in [0.25, 0.3) is 23.0 Å². The van der Waals surface area contributed by atoms with E-state index in [4.69, 9.17) is 4.52 Å². The van der Waals surface area contributed by atoms with Crippen LogP contribution in [0.4, 0.5) is 17.6 Å². The molecule has 3 rings (SSSR count). The Balaban J connectivity index is 1.95. The van der Waals surface area contributed by atoms with Crippen LogP contribution in [0.2, 0.25) is 0 Å². The van der Waals surface area contributed by atoms with E-state index in [1.54, 1.807) is 0 Å². The fourth-order valence-corrected chi connectivity index (χ4v) is 1.79. The highest BCUT2D eigenvalue weighted by atomic mass is 19.3. The lowest BCUT2D eigenvalue weighted by Gasteiger charge is -2.05. The number of hydrogen-bond acceptors (Lipinski definition) is 5. The highest BCUT2D eigenvalue weighted by Gasteiger charge is 2.17. The van der Waals surface area contributed by atoms with Crippen LogP contribution in [0.3, 0.4) is 0 Å². The molecule has 0 amide bonds. The Morgan fingerprint density at radius 3 is 2.61 bits per heavy atom. The fourth-order valence-electron chi connectivity index (χ4n) is 1.79. The number of pyridine rings is 1. The van der Waals surface area contributed by atoms with Crippen LogP contribution in [-0.2, 0) is 0 Å². The Labute approximate surface area is 126 Å². The van der Waals surface area contributed by atoms with Crippen LogP contribution in [-0.4, -0.2) is 21.7 Å². The number of rotatable bonds is 4. The fraction of sp³-hybridized carbons (Fsp3) is 0.0714. The maximum absolute atomic E-state index is 13.8. The second kappa shape index (κ2) is 6.03. The summed E-state index contributed by atoms with van der Waals surface area (Å²) in [5.41, 5.74) is 0.00537. The second-order valence-corrected chi connectivity index (χ2v) is 4.30. The van der Waals surface area contributed by atoms with E-state index >= 15 is 0 Å². The van der Waals surface area contributed by atoms with Gasteiger partial charge in [0.25, 0.3) is 5.89 Å². The van der Waals surface area contributed by atoms with Crippen LogP contribution >= 0.6 is 0 Å². The molecule has 5 nitrogen and oxygen atoms in total. The average Bonchev–Trinajstić information content (AvgIpc) is 2.99. The van der Waals surface area contributed by atoms with E-state index in [0.29, 0.717) is 0 Å². The van der Waals surface area contributed by atoms with Crippen molar-refractivity contribution in [2.75, 3.05) is 0 Å². The van der Waals surface area contributed by atoms with E-state index in [0.717, 1.165) is 30.5 Å². The molecule has 0 bridgehead atoms. The molecule has 118 valence electrons. The smallest absolute Gasteiger partial charge is 0.387 e. The maximum Gasteiger partial charge on any atom is 0.387 e. The molecular formula is C14H7F4N3O2. The first-order valence-electron chi connectivity index (χ1n) is 6.23. The third-order valence-corrected chi connectivity index (χ3v) is 2.78. The van der Waals surface area contributed by atoms with Crippen molar-refractivity contribution in [1.29, 1.82) is 0 Å². The zero-order valence-electron chi connectivity index (χ0n) is 11.2. The topological polar surface area (TPSA) is 61.0 Å². The summed E-state index contributed by atoms with van der Waals surface area (Å²) in [6, 6.07) is 5.46. The molecule has 9 heteroatoms. The van der Waals surface area contributed by atoms with Crippen molar-refractivity contribution in [1.82, 2.24) is 15.1 Å². The molecule has 3 aromatic rings. The zero-order valence-corrected chi connectivity index (χ0v) is 11.2. The predicted molar refractivity (Wildman–Crippen MR) is 69.5 cm³/mol. The largest absolute Gasteiger partial charge is 0.435 e. The first-order valence-corrected chi connectivity index (χ1v) is 6.23. The highest BCUT2D eigenvalue weighted by molar-refractivity contribution is 5.60. The number of halogens is 4. The summed E-state index contributed by atoms with van der Waals surface area (Å²) in [5, 5.41) is 3.56. The van der Waals surface area contributed by atoms with Gasteiger partial charge in [-0.3, -0.25) is 0 Å². The Bertz CT molecular complexity index is 821. The number of benzene rings is 1. The number of ether oxygens (including phenoxy) is 1. The van der Waals surface area contributed by atoms with Gasteiger partial charge in [-0.25, -0.2) is 13.8 Å². The van der Waals surface area contributed by atoms with Gasteiger partial charge in [0, 0.05) is 0 Å². The monoisotopic (exact) mass is 325 g/mol. The molecule has 0 spiro atoms. The minimum Gasteiger partial charge on any atom is -0.435 e. The SMILES string of the molecule is Fc1ccc(-c2nc(-c3cc(OC(F)F)ccc3F)no2)nc1. The van der Waals surface area contributed by atoms with Crippen LogP contribution in [0.15, 0.2) is 41.1 Å². The van der Waals surface area contributed by atoms with Crippen molar-refractivity contribution >= 4 is 0 Å². The van der Waals surface area contributed by atoms with E-state index in [1.807, 2.05) is 0 Å². The lowest BCUT2D eigenvalue weighted by Crippen LogP contribution is -2.02. The molecule has 2 aromatic heterocycles. The normalized spacial score (nSPS) is 11.0.